The van der Waals surface area contributed by atoms with Crippen molar-refractivity contribution < 1.29 is 14.2 Å². The summed E-state index contributed by atoms with van der Waals surface area (Å²) in [5, 5.41) is 8.46. The Balaban J connectivity index is 1.89. The van der Waals surface area contributed by atoms with Gasteiger partial charge in [0, 0.05) is 19.8 Å². The van der Waals surface area contributed by atoms with Crippen LogP contribution < -0.4 is 0 Å². The first-order valence-electron chi connectivity index (χ1n) is 7.50. The normalized spacial score (nSPS) is 22.4. The molecule has 3 rings (SSSR count). The fraction of sp³-hybridized carbons (Fsp3) is 0.600. The van der Waals surface area contributed by atoms with Crippen molar-refractivity contribution in [3.8, 4) is 0 Å². The molecule has 1 saturated heterocycles. The Labute approximate surface area is 124 Å². The van der Waals surface area contributed by atoms with Crippen molar-refractivity contribution in [3.63, 3.8) is 0 Å². The van der Waals surface area contributed by atoms with Crippen LogP contribution in [-0.4, -0.2) is 41.1 Å². The summed E-state index contributed by atoms with van der Waals surface area (Å²) in [5.74, 6) is 0.120. The molecule has 1 aromatic heterocycles. The Morgan fingerprint density at radius 1 is 1.29 bits per heavy atom. The van der Waals surface area contributed by atoms with Crippen molar-refractivity contribution >= 4 is 11.0 Å². The van der Waals surface area contributed by atoms with Gasteiger partial charge in [-0.2, -0.15) is 0 Å². The first kappa shape index (κ1) is 14.4. The minimum atomic E-state index is -0.268. The average molecular weight is 291 g/mol. The maximum atomic E-state index is 5.89. The maximum Gasteiger partial charge on any atom is 0.164 e. The van der Waals surface area contributed by atoms with Crippen LogP contribution >= 0.6 is 0 Å². The summed E-state index contributed by atoms with van der Waals surface area (Å²) in [6, 6.07) is 7.89. The number of nitrogens with zero attached hydrogens (tertiary/aromatic N) is 3. The van der Waals surface area contributed by atoms with Crippen molar-refractivity contribution in [2.45, 2.75) is 32.8 Å². The van der Waals surface area contributed by atoms with E-state index in [0.29, 0.717) is 19.8 Å². The van der Waals surface area contributed by atoms with Gasteiger partial charge in [-0.15, -0.1) is 5.10 Å². The highest BCUT2D eigenvalue weighted by Gasteiger charge is 2.38. The van der Waals surface area contributed by atoms with Crippen molar-refractivity contribution in [1.82, 2.24) is 15.0 Å². The molecule has 6 heteroatoms. The van der Waals surface area contributed by atoms with Crippen LogP contribution in [0.1, 0.15) is 26.5 Å². The Hall–Kier alpha value is -1.50. The fourth-order valence-corrected chi connectivity index (χ4v) is 2.81. The van der Waals surface area contributed by atoms with Gasteiger partial charge in [0.25, 0.3) is 0 Å². The second kappa shape index (κ2) is 6.51. The van der Waals surface area contributed by atoms with E-state index in [1.807, 2.05) is 42.8 Å². The zero-order valence-electron chi connectivity index (χ0n) is 12.4. The second-order valence-corrected chi connectivity index (χ2v) is 5.02. The molecule has 1 aliphatic heterocycles. The van der Waals surface area contributed by atoms with Crippen molar-refractivity contribution in [1.29, 1.82) is 0 Å². The molecule has 0 saturated carbocycles. The molecule has 0 radical (unpaired) electrons. The third-order valence-electron chi connectivity index (χ3n) is 3.74. The van der Waals surface area contributed by atoms with Gasteiger partial charge in [0.05, 0.1) is 11.4 Å². The van der Waals surface area contributed by atoms with E-state index in [9.17, 15) is 0 Å². The summed E-state index contributed by atoms with van der Waals surface area (Å²) in [7, 11) is 0. The van der Waals surface area contributed by atoms with E-state index in [1.165, 1.54) is 0 Å². The van der Waals surface area contributed by atoms with Gasteiger partial charge in [-0.05, 0) is 32.4 Å². The van der Waals surface area contributed by atoms with E-state index >= 15 is 0 Å². The molecule has 1 fully saturated rings. The largest absolute Gasteiger partial charge is 0.356 e. The highest BCUT2D eigenvalue weighted by molar-refractivity contribution is 5.73. The summed E-state index contributed by atoms with van der Waals surface area (Å²) in [4.78, 5) is 0. The Morgan fingerprint density at radius 3 is 2.81 bits per heavy atom. The third-order valence-corrected chi connectivity index (χ3v) is 3.74. The number of para-hydroxylation sites is 1. The molecule has 0 spiro atoms. The standard InChI is InChI=1S/C15H21N3O3/c1-3-19-15(20-4-2)11-9-10-21-14(11)18-13-8-6-5-7-12(13)16-17-18/h5-8,11,14-15H,3-4,9-10H2,1-2H3/t11-,14+/m0/s1. The first-order chi connectivity index (χ1) is 10.3. The summed E-state index contributed by atoms with van der Waals surface area (Å²) in [5.41, 5.74) is 1.84. The van der Waals surface area contributed by atoms with E-state index in [0.717, 1.165) is 17.5 Å². The Morgan fingerprint density at radius 2 is 2.05 bits per heavy atom. The van der Waals surface area contributed by atoms with Gasteiger partial charge in [0.2, 0.25) is 0 Å². The monoisotopic (exact) mass is 291 g/mol. The molecule has 0 amide bonds. The zero-order valence-corrected chi connectivity index (χ0v) is 12.4. The Bertz CT molecular complexity index is 580. The highest BCUT2D eigenvalue weighted by atomic mass is 16.7. The molecule has 114 valence electrons. The lowest BCUT2D eigenvalue weighted by Crippen LogP contribution is -2.32. The van der Waals surface area contributed by atoms with Crippen molar-refractivity contribution in [2.75, 3.05) is 19.8 Å². The molecular weight excluding hydrogens is 270 g/mol. The highest BCUT2D eigenvalue weighted by Crippen LogP contribution is 2.35. The molecule has 0 aliphatic carbocycles. The van der Waals surface area contributed by atoms with Crippen LogP contribution in [0.4, 0.5) is 0 Å². The lowest BCUT2D eigenvalue weighted by atomic mass is 10.1. The number of hydrogen-bond donors (Lipinski definition) is 0. The minimum absolute atomic E-state index is 0.120. The quantitative estimate of drug-likeness (QED) is 0.765. The van der Waals surface area contributed by atoms with Crippen LogP contribution in [0, 0.1) is 5.92 Å². The zero-order chi connectivity index (χ0) is 14.7. The summed E-state index contributed by atoms with van der Waals surface area (Å²) < 4.78 is 19.2. The van der Waals surface area contributed by atoms with Gasteiger partial charge in [-0.1, -0.05) is 17.3 Å². The van der Waals surface area contributed by atoms with Crippen LogP contribution in [0.5, 0.6) is 0 Å². The smallest absolute Gasteiger partial charge is 0.164 e. The molecule has 2 heterocycles. The summed E-state index contributed by atoms with van der Waals surface area (Å²) >= 11 is 0. The van der Waals surface area contributed by atoms with Gasteiger partial charge in [0.1, 0.15) is 5.52 Å². The van der Waals surface area contributed by atoms with E-state index in [1.54, 1.807) is 0 Å². The molecule has 1 aliphatic rings. The predicted octanol–water partition coefficient (Wildman–Crippen LogP) is 2.37. The van der Waals surface area contributed by atoms with Gasteiger partial charge in [-0.3, -0.25) is 0 Å². The average Bonchev–Trinajstić information content (AvgIpc) is 3.13. The molecular formula is C15H21N3O3. The van der Waals surface area contributed by atoms with Crippen LogP contribution in [0.15, 0.2) is 24.3 Å². The number of hydrogen-bond acceptors (Lipinski definition) is 5. The number of fused-ring (bicyclic) bond motifs is 1. The molecule has 2 atom stereocenters. The topological polar surface area (TPSA) is 58.4 Å². The predicted molar refractivity (Wildman–Crippen MR) is 77.7 cm³/mol. The van der Waals surface area contributed by atoms with Gasteiger partial charge >= 0.3 is 0 Å². The molecule has 6 nitrogen and oxygen atoms in total. The number of rotatable bonds is 6. The van der Waals surface area contributed by atoms with E-state index < -0.39 is 0 Å². The van der Waals surface area contributed by atoms with Gasteiger partial charge in [0.15, 0.2) is 12.5 Å². The summed E-state index contributed by atoms with van der Waals surface area (Å²) in [6.45, 7) is 5.86. The molecule has 2 aromatic rings. The number of benzene rings is 1. The third kappa shape index (κ3) is 2.79. The first-order valence-corrected chi connectivity index (χ1v) is 7.50. The van der Waals surface area contributed by atoms with Crippen molar-refractivity contribution in [2.24, 2.45) is 5.92 Å². The van der Waals surface area contributed by atoms with Crippen LogP contribution in [0.2, 0.25) is 0 Å². The molecule has 0 unspecified atom stereocenters. The molecule has 0 bridgehead atoms. The molecule has 1 aromatic carbocycles. The Kier molecular flexibility index (Phi) is 4.48. The van der Waals surface area contributed by atoms with Crippen LogP contribution in [0.25, 0.3) is 11.0 Å². The van der Waals surface area contributed by atoms with E-state index in [-0.39, 0.29) is 18.4 Å². The number of ether oxygens (including phenoxy) is 3. The second-order valence-electron chi connectivity index (χ2n) is 5.02. The SMILES string of the molecule is CCOC(OCC)[C@H]1CCO[C@H]1n1nnc2ccccc21. The van der Waals surface area contributed by atoms with E-state index in [4.69, 9.17) is 14.2 Å². The van der Waals surface area contributed by atoms with E-state index in [2.05, 4.69) is 10.3 Å². The van der Waals surface area contributed by atoms with Gasteiger partial charge < -0.3 is 14.2 Å². The maximum absolute atomic E-state index is 5.89. The lowest BCUT2D eigenvalue weighted by molar-refractivity contribution is -0.185. The molecule has 0 N–H and O–H groups in total. The summed E-state index contributed by atoms with van der Waals surface area (Å²) in [6.07, 6.45) is 0.430. The fourth-order valence-electron chi connectivity index (χ4n) is 2.81. The van der Waals surface area contributed by atoms with Crippen LogP contribution in [-0.2, 0) is 14.2 Å². The van der Waals surface area contributed by atoms with Crippen molar-refractivity contribution in [3.05, 3.63) is 24.3 Å². The number of aromatic nitrogens is 3. The lowest BCUT2D eigenvalue weighted by Gasteiger charge is -2.27. The minimum Gasteiger partial charge on any atom is -0.356 e. The van der Waals surface area contributed by atoms with Gasteiger partial charge in [-0.25, -0.2) is 4.68 Å². The molecule has 21 heavy (non-hydrogen) atoms. The van der Waals surface area contributed by atoms with Crippen LogP contribution in [0.3, 0.4) is 0 Å².